The zero-order valence-corrected chi connectivity index (χ0v) is 18.4. The lowest BCUT2D eigenvalue weighted by Crippen LogP contribution is -2.42. The van der Waals surface area contributed by atoms with E-state index in [1.807, 2.05) is 30.3 Å². The first kappa shape index (κ1) is 25.7. The predicted octanol–water partition coefficient (Wildman–Crippen LogP) is 1.95. The van der Waals surface area contributed by atoms with E-state index in [9.17, 15) is 19.3 Å². The molecule has 0 aliphatic rings. The van der Waals surface area contributed by atoms with Gasteiger partial charge in [-0.3, -0.25) is 14.4 Å². The van der Waals surface area contributed by atoms with Crippen LogP contribution >= 0.6 is 7.37 Å². The number of aliphatic imine (C=N–C) groups is 1. The van der Waals surface area contributed by atoms with Gasteiger partial charge in [-0.2, -0.15) is 0 Å². The third-order valence-electron chi connectivity index (χ3n) is 4.38. The lowest BCUT2D eigenvalue weighted by Gasteiger charge is -2.19. The maximum absolute atomic E-state index is 13.0. The molecule has 1 unspecified atom stereocenters. The van der Waals surface area contributed by atoms with Crippen LogP contribution in [0, 0.1) is 0 Å². The summed E-state index contributed by atoms with van der Waals surface area (Å²) in [4.78, 5) is 27.5. The summed E-state index contributed by atoms with van der Waals surface area (Å²) in [6.45, 7) is 2.21. The molecule has 0 saturated heterocycles. The number of nitrogens with zero attached hydrogens (tertiary/aromatic N) is 1. The van der Waals surface area contributed by atoms with Gasteiger partial charge in [-0.05, 0) is 44.6 Å². The highest BCUT2D eigenvalue weighted by atomic mass is 31.2. The molecule has 1 aromatic rings. The summed E-state index contributed by atoms with van der Waals surface area (Å²) in [6, 6.07) is 8.88. The largest absolute Gasteiger partial charge is 0.480 e. The van der Waals surface area contributed by atoms with E-state index in [1.54, 1.807) is 6.92 Å². The number of aryl methyl sites for hydroxylation is 1. The molecule has 9 nitrogen and oxygen atoms in total. The van der Waals surface area contributed by atoms with Crippen molar-refractivity contribution in [2.45, 2.75) is 45.1 Å². The molecule has 2 atom stereocenters. The summed E-state index contributed by atoms with van der Waals surface area (Å²) in [6.07, 6.45) is 2.83. The van der Waals surface area contributed by atoms with Crippen LogP contribution < -0.4 is 16.8 Å². The number of aliphatic carboxylic acids is 1. The quantitative estimate of drug-likeness (QED) is 0.140. The highest BCUT2D eigenvalue weighted by Crippen LogP contribution is 2.47. The third kappa shape index (κ3) is 11.0. The number of hydrogen-bond acceptors (Lipinski definition) is 5. The molecule has 0 aliphatic carbocycles. The number of nitrogens with one attached hydrogen (secondary N) is 1. The van der Waals surface area contributed by atoms with Crippen molar-refractivity contribution in [2.75, 3.05) is 25.5 Å². The van der Waals surface area contributed by atoms with Crippen LogP contribution in [0.1, 0.15) is 38.2 Å². The standard InChI is InChI=1S/C20H33N4O5P/c1-2-29-30(28,14-7-6-11-16-9-4-3-5-10-16)15-18(25)24-17(19(26)27)12-8-13-23-20(21)22/h3-5,9-10,17H,2,6-8,11-15H2,1H3,(H,24,25)(H,26,27)(H4,21,22,23)/t17-,30?/m0/s1. The average Bonchev–Trinajstić information content (AvgIpc) is 2.68. The first-order valence-corrected chi connectivity index (χ1v) is 12.1. The molecule has 30 heavy (non-hydrogen) atoms. The Labute approximate surface area is 177 Å². The molecule has 6 N–H and O–H groups in total. The SMILES string of the molecule is CCOP(=O)(CCCCc1ccccc1)CC(=O)N[C@@H](CCCN=C(N)N)C(=O)O. The molecule has 0 spiro atoms. The second-order valence-electron chi connectivity index (χ2n) is 6.96. The van der Waals surface area contributed by atoms with Gasteiger partial charge in [0.05, 0.1) is 6.61 Å². The average molecular weight is 440 g/mol. The Bertz CT molecular complexity index is 738. The first-order chi connectivity index (χ1) is 14.3. The highest BCUT2D eigenvalue weighted by Gasteiger charge is 2.28. The van der Waals surface area contributed by atoms with Gasteiger partial charge in [-0.15, -0.1) is 0 Å². The summed E-state index contributed by atoms with van der Waals surface area (Å²) in [5.74, 6) is -1.83. The van der Waals surface area contributed by atoms with Gasteiger partial charge in [0.2, 0.25) is 13.3 Å². The van der Waals surface area contributed by atoms with Crippen LogP contribution in [0.3, 0.4) is 0 Å². The minimum absolute atomic E-state index is 0.0733. The lowest BCUT2D eigenvalue weighted by atomic mass is 10.1. The molecule has 1 rings (SSSR count). The van der Waals surface area contributed by atoms with Crippen molar-refractivity contribution >= 4 is 25.2 Å². The van der Waals surface area contributed by atoms with Crippen molar-refractivity contribution in [3.8, 4) is 0 Å². The fraction of sp³-hybridized carbons (Fsp3) is 0.550. The maximum atomic E-state index is 13.0. The number of benzene rings is 1. The molecule has 0 aromatic heterocycles. The monoisotopic (exact) mass is 440 g/mol. The number of carboxylic acid groups (broad SMARTS) is 1. The van der Waals surface area contributed by atoms with Crippen LogP contribution in [0.25, 0.3) is 0 Å². The number of carbonyl (C=O) groups excluding carboxylic acids is 1. The molecule has 168 valence electrons. The number of unbranched alkanes of at least 4 members (excludes halogenated alkanes) is 1. The van der Waals surface area contributed by atoms with Crippen molar-refractivity contribution in [2.24, 2.45) is 16.5 Å². The van der Waals surface area contributed by atoms with Crippen LogP contribution in [-0.2, 0) is 25.1 Å². The molecule has 0 bridgehead atoms. The van der Waals surface area contributed by atoms with Crippen molar-refractivity contribution in [3.63, 3.8) is 0 Å². The summed E-state index contributed by atoms with van der Waals surface area (Å²) >= 11 is 0. The molecule has 1 aromatic carbocycles. The number of nitrogens with two attached hydrogens (primary N) is 2. The van der Waals surface area contributed by atoms with E-state index in [0.29, 0.717) is 12.8 Å². The number of carbonyl (C=O) groups is 2. The zero-order valence-electron chi connectivity index (χ0n) is 17.5. The number of guanidine groups is 1. The van der Waals surface area contributed by atoms with E-state index in [2.05, 4.69) is 10.3 Å². The van der Waals surface area contributed by atoms with Crippen molar-refractivity contribution in [1.29, 1.82) is 0 Å². The van der Waals surface area contributed by atoms with Crippen LogP contribution in [0.15, 0.2) is 35.3 Å². The topological polar surface area (TPSA) is 157 Å². The van der Waals surface area contributed by atoms with E-state index in [1.165, 1.54) is 5.56 Å². The zero-order chi connectivity index (χ0) is 22.4. The second kappa shape index (κ2) is 13.8. The molecule has 0 heterocycles. The summed E-state index contributed by atoms with van der Waals surface area (Å²) in [5.41, 5.74) is 11.7. The Morgan fingerprint density at radius 2 is 1.90 bits per heavy atom. The minimum Gasteiger partial charge on any atom is -0.480 e. The first-order valence-electron chi connectivity index (χ1n) is 10.1. The summed E-state index contributed by atoms with van der Waals surface area (Å²) in [5, 5.41) is 11.7. The highest BCUT2D eigenvalue weighted by molar-refractivity contribution is 7.59. The van der Waals surface area contributed by atoms with Crippen molar-refractivity contribution < 1.29 is 23.8 Å². The predicted molar refractivity (Wildman–Crippen MR) is 118 cm³/mol. The smallest absolute Gasteiger partial charge is 0.326 e. The van der Waals surface area contributed by atoms with Gasteiger partial charge in [-0.1, -0.05) is 30.3 Å². The fourth-order valence-electron chi connectivity index (χ4n) is 2.97. The molecule has 0 saturated carbocycles. The molecule has 0 aliphatic heterocycles. The molecular formula is C20H33N4O5P. The fourth-order valence-corrected chi connectivity index (χ4v) is 5.05. The second-order valence-corrected chi connectivity index (χ2v) is 9.61. The van der Waals surface area contributed by atoms with Crippen LogP contribution in [0.4, 0.5) is 0 Å². The van der Waals surface area contributed by atoms with Gasteiger partial charge >= 0.3 is 5.97 Å². The van der Waals surface area contributed by atoms with Crippen LogP contribution in [0.5, 0.6) is 0 Å². The molecule has 1 amide bonds. The Kier molecular flexibility index (Phi) is 11.8. The van der Waals surface area contributed by atoms with E-state index in [0.717, 1.165) is 12.8 Å². The number of carboxylic acids is 1. The van der Waals surface area contributed by atoms with E-state index in [4.69, 9.17) is 16.0 Å². The van der Waals surface area contributed by atoms with Gasteiger partial charge in [0.1, 0.15) is 12.2 Å². The van der Waals surface area contributed by atoms with E-state index < -0.39 is 25.3 Å². The lowest BCUT2D eigenvalue weighted by molar-refractivity contribution is -0.141. The molecular weight excluding hydrogens is 407 g/mol. The Morgan fingerprint density at radius 1 is 1.20 bits per heavy atom. The van der Waals surface area contributed by atoms with Gasteiger partial charge in [0.25, 0.3) is 0 Å². The van der Waals surface area contributed by atoms with Gasteiger partial charge in [0.15, 0.2) is 5.96 Å². The number of amides is 1. The van der Waals surface area contributed by atoms with Crippen LogP contribution in [-0.4, -0.2) is 54.5 Å². The van der Waals surface area contributed by atoms with Gasteiger partial charge < -0.3 is 26.4 Å². The Hall–Kier alpha value is -2.38. The third-order valence-corrected chi connectivity index (χ3v) is 6.88. The van der Waals surface area contributed by atoms with E-state index in [-0.39, 0.29) is 37.9 Å². The van der Waals surface area contributed by atoms with Crippen molar-refractivity contribution in [3.05, 3.63) is 35.9 Å². The van der Waals surface area contributed by atoms with Gasteiger partial charge in [0, 0.05) is 12.7 Å². The normalized spacial score (nSPS) is 13.8. The van der Waals surface area contributed by atoms with Crippen molar-refractivity contribution in [1.82, 2.24) is 5.32 Å². The Morgan fingerprint density at radius 3 is 2.50 bits per heavy atom. The van der Waals surface area contributed by atoms with E-state index >= 15 is 0 Å². The number of hydrogen-bond donors (Lipinski definition) is 4. The number of rotatable bonds is 15. The maximum Gasteiger partial charge on any atom is 0.326 e. The summed E-state index contributed by atoms with van der Waals surface area (Å²) in [7, 11) is -3.19. The summed E-state index contributed by atoms with van der Waals surface area (Å²) < 4.78 is 18.5. The molecule has 0 radical (unpaired) electrons. The Balaban J connectivity index is 2.52. The van der Waals surface area contributed by atoms with Crippen LogP contribution in [0.2, 0.25) is 0 Å². The molecule has 10 heteroatoms. The van der Waals surface area contributed by atoms with Gasteiger partial charge in [-0.25, -0.2) is 4.79 Å². The minimum atomic E-state index is -3.19. The molecule has 0 fully saturated rings.